The van der Waals surface area contributed by atoms with Crippen LogP contribution in [0.1, 0.15) is 11.1 Å². The number of nitriles is 1. The first-order chi connectivity index (χ1) is 18.9. The number of aromatic nitrogens is 1. The number of alkyl halides is 3. The molecule has 1 aromatic heterocycles. The minimum absolute atomic E-state index is 0.0449. The second-order valence-electron chi connectivity index (χ2n) is 7.91. The molecule has 1 heterocycles. The number of ether oxygens (including phenoxy) is 3. The Balaban J connectivity index is 2.50. The Morgan fingerprint density at radius 1 is 1.05 bits per heavy atom. The largest absolute Gasteiger partial charge is 0.493 e. The molecule has 1 aromatic carbocycles. The van der Waals surface area contributed by atoms with Crippen molar-refractivity contribution >= 4 is 21.4 Å². The van der Waals surface area contributed by atoms with Crippen molar-refractivity contribution in [2.45, 2.75) is 17.6 Å². The number of aliphatic hydroxyl groups excluding tert-OH is 1. The standard InChI is InChI=1S/C23H28F3N5O8S/c1-37-11-7-30(8-12-38-2)40(35,36)17-5-3-16(4-6-17)28-29-20-19(23(24,25)26)18(15-27)21(33)31(22(20)34)9-13-39-14-10-32/h3-6,32-33H,7-14H2,1-2H3. The fourth-order valence-electron chi connectivity index (χ4n) is 3.38. The summed E-state index contributed by atoms with van der Waals surface area (Å²) in [4.78, 5) is 12.7. The predicted octanol–water partition coefficient (Wildman–Crippen LogP) is 2.15. The smallest absolute Gasteiger partial charge is 0.420 e. The first-order valence-corrected chi connectivity index (χ1v) is 13.0. The molecule has 0 saturated heterocycles. The average molecular weight is 592 g/mol. The summed E-state index contributed by atoms with van der Waals surface area (Å²) in [6, 6.07) is 5.90. The number of hydrogen-bond acceptors (Lipinski definition) is 11. The van der Waals surface area contributed by atoms with Crippen LogP contribution in [0.25, 0.3) is 0 Å². The summed E-state index contributed by atoms with van der Waals surface area (Å²) in [6.07, 6.45) is -5.26. The molecule has 0 saturated carbocycles. The van der Waals surface area contributed by atoms with Crippen molar-refractivity contribution in [3.63, 3.8) is 0 Å². The van der Waals surface area contributed by atoms with Crippen LogP contribution >= 0.6 is 0 Å². The lowest BCUT2D eigenvalue weighted by Gasteiger charge is -2.21. The van der Waals surface area contributed by atoms with Gasteiger partial charge in [-0.25, -0.2) is 8.42 Å². The van der Waals surface area contributed by atoms with Crippen molar-refractivity contribution in [3.8, 4) is 11.9 Å². The van der Waals surface area contributed by atoms with Gasteiger partial charge in [0.15, 0.2) is 5.69 Å². The number of aromatic hydroxyl groups is 1. The third kappa shape index (κ3) is 8.06. The van der Waals surface area contributed by atoms with Crippen LogP contribution in [-0.2, 0) is 37.0 Å². The Morgan fingerprint density at radius 2 is 1.65 bits per heavy atom. The van der Waals surface area contributed by atoms with Gasteiger partial charge in [-0.15, -0.1) is 5.11 Å². The maximum Gasteiger partial charge on any atom is 0.420 e. The van der Waals surface area contributed by atoms with Crippen LogP contribution < -0.4 is 5.56 Å². The van der Waals surface area contributed by atoms with Gasteiger partial charge < -0.3 is 24.4 Å². The van der Waals surface area contributed by atoms with Crippen molar-refractivity contribution in [3.05, 3.63) is 45.7 Å². The van der Waals surface area contributed by atoms with Crippen LogP contribution in [0.3, 0.4) is 0 Å². The van der Waals surface area contributed by atoms with Gasteiger partial charge in [0, 0.05) is 27.3 Å². The zero-order chi connectivity index (χ0) is 29.9. The monoisotopic (exact) mass is 591 g/mol. The number of methoxy groups -OCH3 is 2. The van der Waals surface area contributed by atoms with E-state index in [4.69, 9.17) is 19.3 Å². The molecule has 2 aromatic rings. The molecule has 0 radical (unpaired) electrons. The van der Waals surface area contributed by atoms with Crippen molar-refractivity contribution in [2.75, 3.05) is 60.3 Å². The summed E-state index contributed by atoms with van der Waals surface area (Å²) < 4.78 is 84.1. The Kier molecular flexibility index (Phi) is 12.2. The van der Waals surface area contributed by atoms with Gasteiger partial charge in [-0.1, -0.05) is 0 Å². The molecule has 0 atom stereocenters. The number of nitrogens with zero attached hydrogens (tertiary/aromatic N) is 5. The average Bonchev–Trinajstić information content (AvgIpc) is 2.91. The van der Waals surface area contributed by atoms with Crippen LogP contribution in [-0.4, -0.2) is 87.8 Å². The third-order valence-electron chi connectivity index (χ3n) is 5.33. The summed E-state index contributed by atoms with van der Waals surface area (Å²) in [7, 11) is -1.16. The zero-order valence-corrected chi connectivity index (χ0v) is 22.4. The highest BCUT2D eigenvalue weighted by Gasteiger charge is 2.41. The fourth-order valence-corrected chi connectivity index (χ4v) is 4.79. The molecule has 0 fully saturated rings. The van der Waals surface area contributed by atoms with Gasteiger partial charge in [0.2, 0.25) is 15.9 Å². The Morgan fingerprint density at radius 3 is 2.15 bits per heavy atom. The molecular formula is C23H28F3N5O8S. The summed E-state index contributed by atoms with van der Waals surface area (Å²) in [5.74, 6) is -1.23. The van der Waals surface area contributed by atoms with E-state index in [9.17, 15) is 36.8 Å². The normalized spacial score (nSPS) is 12.3. The van der Waals surface area contributed by atoms with E-state index in [0.717, 1.165) is 16.4 Å². The van der Waals surface area contributed by atoms with Crippen LogP contribution in [0.4, 0.5) is 24.5 Å². The Bertz CT molecular complexity index is 1370. The van der Waals surface area contributed by atoms with E-state index < -0.39 is 51.0 Å². The number of benzene rings is 1. The van der Waals surface area contributed by atoms with Crippen molar-refractivity contribution in [1.82, 2.24) is 8.87 Å². The molecule has 0 aliphatic rings. The molecule has 40 heavy (non-hydrogen) atoms. The first kappa shape index (κ1) is 32.8. The quantitative estimate of drug-likeness (QED) is 0.232. The van der Waals surface area contributed by atoms with E-state index in [1.165, 1.54) is 32.4 Å². The number of aliphatic hydroxyl groups is 1. The molecule has 13 nitrogen and oxygen atoms in total. The Labute approximate surface area is 227 Å². The number of azo groups is 1. The van der Waals surface area contributed by atoms with Gasteiger partial charge in [-0.05, 0) is 24.3 Å². The van der Waals surface area contributed by atoms with Gasteiger partial charge in [0.1, 0.15) is 17.2 Å². The molecule has 0 aliphatic heterocycles. The van der Waals surface area contributed by atoms with Gasteiger partial charge in [0.25, 0.3) is 5.56 Å². The number of halogens is 3. The lowest BCUT2D eigenvalue weighted by Crippen LogP contribution is -2.36. The molecule has 0 bridgehead atoms. The number of hydrogen-bond donors (Lipinski definition) is 2. The van der Waals surface area contributed by atoms with E-state index in [0.29, 0.717) is 4.57 Å². The minimum Gasteiger partial charge on any atom is -0.493 e. The van der Waals surface area contributed by atoms with Gasteiger partial charge in [-0.3, -0.25) is 9.36 Å². The van der Waals surface area contributed by atoms with Crippen LogP contribution in [0.5, 0.6) is 5.88 Å². The molecular weight excluding hydrogens is 563 g/mol. The molecule has 0 aliphatic carbocycles. The van der Waals surface area contributed by atoms with Crippen molar-refractivity contribution in [2.24, 2.45) is 10.2 Å². The van der Waals surface area contributed by atoms with E-state index in [-0.39, 0.29) is 56.7 Å². The van der Waals surface area contributed by atoms with E-state index >= 15 is 0 Å². The van der Waals surface area contributed by atoms with Gasteiger partial charge >= 0.3 is 6.18 Å². The lowest BCUT2D eigenvalue weighted by molar-refractivity contribution is -0.137. The Hall–Kier alpha value is -3.40. The van der Waals surface area contributed by atoms with Gasteiger partial charge in [0.05, 0.1) is 50.2 Å². The van der Waals surface area contributed by atoms with E-state index in [1.54, 1.807) is 0 Å². The summed E-state index contributed by atoms with van der Waals surface area (Å²) in [5, 5.41) is 35.4. The minimum atomic E-state index is -5.26. The molecule has 220 valence electrons. The van der Waals surface area contributed by atoms with Crippen molar-refractivity contribution in [1.29, 1.82) is 5.26 Å². The summed E-state index contributed by atoms with van der Waals surface area (Å²) >= 11 is 0. The van der Waals surface area contributed by atoms with Crippen LogP contribution in [0, 0.1) is 11.3 Å². The maximum absolute atomic E-state index is 13.8. The number of pyridine rings is 1. The first-order valence-electron chi connectivity index (χ1n) is 11.6. The lowest BCUT2D eigenvalue weighted by atomic mass is 10.1. The second kappa shape index (κ2) is 14.8. The van der Waals surface area contributed by atoms with Crippen LogP contribution in [0.15, 0.2) is 44.2 Å². The molecule has 2 N–H and O–H groups in total. The second-order valence-corrected chi connectivity index (χ2v) is 9.85. The highest BCUT2D eigenvalue weighted by Crippen LogP contribution is 2.40. The topological polar surface area (TPSA) is 176 Å². The SMILES string of the molecule is COCCN(CCOC)S(=O)(=O)c1ccc(N=Nc2c(C(F)(F)F)c(C#N)c(O)n(CCOCCO)c2=O)cc1. The van der Waals surface area contributed by atoms with E-state index in [1.807, 2.05) is 0 Å². The number of sulfonamides is 1. The zero-order valence-electron chi connectivity index (χ0n) is 21.6. The molecule has 2 rings (SSSR count). The highest BCUT2D eigenvalue weighted by atomic mass is 32.2. The molecule has 0 spiro atoms. The maximum atomic E-state index is 13.8. The van der Waals surface area contributed by atoms with E-state index in [2.05, 4.69) is 10.2 Å². The van der Waals surface area contributed by atoms with Gasteiger partial charge in [-0.2, -0.15) is 27.9 Å². The molecule has 0 unspecified atom stereocenters. The fraction of sp³-hybridized carbons (Fsp3) is 0.478. The van der Waals surface area contributed by atoms with Crippen molar-refractivity contribution < 1.29 is 46.0 Å². The third-order valence-corrected chi connectivity index (χ3v) is 7.25. The predicted molar refractivity (Wildman–Crippen MR) is 133 cm³/mol. The molecule has 17 heteroatoms. The van der Waals surface area contributed by atoms with Crippen LogP contribution in [0.2, 0.25) is 0 Å². The molecule has 0 amide bonds. The summed E-state index contributed by atoms with van der Waals surface area (Å²) in [6.45, 7) is -0.867. The highest BCUT2D eigenvalue weighted by molar-refractivity contribution is 7.89. The summed E-state index contributed by atoms with van der Waals surface area (Å²) in [5.41, 5.74) is -5.77. The number of rotatable bonds is 15.